The summed E-state index contributed by atoms with van der Waals surface area (Å²) >= 11 is 1.70. The van der Waals surface area contributed by atoms with Crippen LogP contribution in [0.25, 0.3) is 10.6 Å². The summed E-state index contributed by atoms with van der Waals surface area (Å²) < 4.78 is 0. The first kappa shape index (κ1) is 12.6. The summed E-state index contributed by atoms with van der Waals surface area (Å²) in [5.41, 5.74) is 0.964. The van der Waals surface area contributed by atoms with Crippen LogP contribution >= 0.6 is 11.3 Å². The molecule has 0 amide bonds. The molecular weight excluding hydrogens is 256 g/mol. The van der Waals surface area contributed by atoms with Crippen LogP contribution in [-0.2, 0) is 0 Å². The van der Waals surface area contributed by atoms with Crippen LogP contribution in [0.1, 0.15) is 13.8 Å². The first-order chi connectivity index (χ1) is 9.22. The molecule has 1 saturated heterocycles. The van der Waals surface area contributed by atoms with Gasteiger partial charge in [-0.15, -0.1) is 11.3 Å². The summed E-state index contributed by atoms with van der Waals surface area (Å²) in [7, 11) is 0. The molecule has 3 heterocycles. The van der Waals surface area contributed by atoms with Gasteiger partial charge in [-0.3, -0.25) is 4.98 Å². The van der Waals surface area contributed by atoms with E-state index in [-0.39, 0.29) is 0 Å². The monoisotopic (exact) mass is 274 g/mol. The van der Waals surface area contributed by atoms with Crippen LogP contribution < -0.4 is 10.2 Å². The number of anilines is 1. The maximum absolute atomic E-state index is 4.75. The van der Waals surface area contributed by atoms with Crippen molar-refractivity contribution in [3.8, 4) is 10.6 Å². The predicted molar refractivity (Wildman–Crippen MR) is 79.6 cm³/mol. The van der Waals surface area contributed by atoms with Crippen molar-refractivity contribution in [2.45, 2.75) is 25.9 Å². The van der Waals surface area contributed by atoms with Crippen LogP contribution in [0.3, 0.4) is 0 Å². The van der Waals surface area contributed by atoms with Gasteiger partial charge in [0.05, 0.1) is 17.3 Å². The van der Waals surface area contributed by atoms with Gasteiger partial charge in [-0.2, -0.15) is 0 Å². The Morgan fingerprint density at radius 3 is 2.74 bits per heavy atom. The Morgan fingerprint density at radius 1 is 1.26 bits per heavy atom. The van der Waals surface area contributed by atoms with Gasteiger partial charge >= 0.3 is 0 Å². The molecule has 5 heteroatoms. The highest BCUT2D eigenvalue weighted by atomic mass is 32.1. The zero-order chi connectivity index (χ0) is 13.2. The average Bonchev–Trinajstić information content (AvgIpc) is 2.92. The van der Waals surface area contributed by atoms with Gasteiger partial charge in [0.25, 0.3) is 0 Å². The molecule has 0 saturated carbocycles. The summed E-state index contributed by atoms with van der Waals surface area (Å²) in [5.74, 6) is 0.978. The minimum atomic E-state index is 0.482. The molecular formula is C14H18N4S. The lowest BCUT2D eigenvalue weighted by molar-refractivity contribution is 0.405. The zero-order valence-electron chi connectivity index (χ0n) is 11.2. The molecule has 0 bridgehead atoms. The predicted octanol–water partition coefficient (Wildman–Crippen LogP) is 2.39. The SMILES string of the molecule is C[C@@H]1CN(c2cncc(-c3cccs3)n2)C[C@H](C)N1. The van der Waals surface area contributed by atoms with Crippen molar-refractivity contribution >= 4 is 17.2 Å². The van der Waals surface area contributed by atoms with E-state index >= 15 is 0 Å². The van der Waals surface area contributed by atoms with Crippen molar-refractivity contribution in [3.05, 3.63) is 29.9 Å². The van der Waals surface area contributed by atoms with Crippen LogP contribution in [0.2, 0.25) is 0 Å². The molecule has 0 spiro atoms. The summed E-state index contributed by atoms with van der Waals surface area (Å²) in [6.45, 7) is 6.37. The molecule has 2 aromatic rings. The molecule has 19 heavy (non-hydrogen) atoms. The first-order valence-corrected chi connectivity index (χ1v) is 7.47. The Balaban J connectivity index is 1.87. The smallest absolute Gasteiger partial charge is 0.147 e. The number of rotatable bonds is 2. The Morgan fingerprint density at radius 2 is 2.05 bits per heavy atom. The van der Waals surface area contributed by atoms with E-state index in [0.29, 0.717) is 12.1 Å². The van der Waals surface area contributed by atoms with Crippen molar-refractivity contribution in [2.24, 2.45) is 0 Å². The van der Waals surface area contributed by atoms with Crippen molar-refractivity contribution in [3.63, 3.8) is 0 Å². The van der Waals surface area contributed by atoms with Crippen LogP contribution in [0.15, 0.2) is 29.9 Å². The molecule has 2 aromatic heterocycles. The Bertz CT molecular complexity index is 530. The molecule has 1 aliphatic rings. The molecule has 1 aliphatic heterocycles. The topological polar surface area (TPSA) is 41.1 Å². The number of hydrogen-bond donors (Lipinski definition) is 1. The van der Waals surface area contributed by atoms with Gasteiger partial charge in [-0.1, -0.05) is 6.07 Å². The Kier molecular flexibility index (Phi) is 3.48. The first-order valence-electron chi connectivity index (χ1n) is 6.59. The van der Waals surface area contributed by atoms with Gasteiger partial charge in [0.1, 0.15) is 11.5 Å². The lowest BCUT2D eigenvalue weighted by Crippen LogP contribution is -2.54. The summed E-state index contributed by atoms with van der Waals surface area (Å²) in [6, 6.07) is 5.09. The number of piperazine rings is 1. The average molecular weight is 274 g/mol. The number of nitrogens with one attached hydrogen (secondary N) is 1. The molecule has 3 rings (SSSR count). The quantitative estimate of drug-likeness (QED) is 0.913. The van der Waals surface area contributed by atoms with Gasteiger partial charge < -0.3 is 10.2 Å². The van der Waals surface area contributed by atoms with Gasteiger partial charge in [0.15, 0.2) is 0 Å². The maximum Gasteiger partial charge on any atom is 0.147 e. The number of thiophene rings is 1. The second-order valence-corrected chi connectivity index (χ2v) is 6.06. The molecule has 0 aromatic carbocycles. The van der Waals surface area contributed by atoms with Crippen LogP contribution in [-0.4, -0.2) is 35.1 Å². The van der Waals surface area contributed by atoms with E-state index in [1.54, 1.807) is 11.3 Å². The second kappa shape index (κ2) is 5.27. The lowest BCUT2D eigenvalue weighted by atomic mass is 10.1. The normalized spacial score (nSPS) is 23.6. The fourth-order valence-electron chi connectivity index (χ4n) is 2.56. The molecule has 100 valence electrons. The van der Waals surface area contributed by atoms with Crippen molar-refractivity contribution < 1.29 is 0 Å². The minimum Gasteiger partial charge on any atom is -0.352 e. The van der Waals surface area contributed by atoms with Crippen LogP contribution in [0.4, 0.5) is 5.82 Å². The van der Waals surface area contributed by atoms with Gasteiger partial charge in [-0.05, 0) is 25.3 Å². The van der Waals surface area contributed by atoms with Crippen molar-refractivity contribution in [1.82, 2.24) is 15.3 Å². The molecule has 4 nitrogen and oxygen atoms in total. The summed E-state index contributed by atoms with van der Waals surface area (Å²) in [5, 5.41) is 5.60. The lowest BCUT2D eigenvalue weighted by Gasteiger charge is -2.36. The van der Waals surface area contributed by atoms with E-state index in [4.69, 9.17) is 4.98 Å². The number of nitrogens with zero attached hydrogens (tertiary/aromatic N) is 3. The van der Waals surface area contributed by atoms with E-state index in [0.717, 1.165) is 24.6 Å². The third-order valence-corrected chi connectivity index (χ3v) is 4.17. The Hall–Kier alpha value is -1.46. The highest BCUT2D eigenvalue weighted by molar-refractivity contribution is 7.13. The van der Waals surface area contributed by atoms with Gasteiger partial charge in [0, 0.05) is 25.2 Å². The number of hydrogen-bond acceptors (Lipinski definition) is 5. The molecule has 2 atom stereocenters. The van der Waals surface area contributed by atoms with E-state index in [1.165, 1.54) is 4.88 Å². The van der Waals surface area contributed by atoms with E-state index in [2.05, 4.69) is 40.5 Å². The third-order valence-electron chi connectivity index (χ3n) is 3.28. The molecule has 0 unspecified atom stereocenters. The minimum absolute atomic E-state index is 0.482. The van der Waals surface area contributed by atoms with Gasteiger partial charge in [-0.25, -0.2) is 4.98 Å². The van der Waals surface area contributed by atoms with Crippen molar-refractivity contribution in [1.29, 1.82) is 0 Å². The maximum atomic E-state index is 4.75. The van der Waals surface area contributed by atoms with E-state index < -0.39 is 0 Å². The largest absolute Gasteiger partial charge is 0.352 e. The van der Waals surface area contributed by atoms with E-state index in [9.17, 15) is 0 Å². The highest BCUT2D eigenvalue weighted by Crippen LogP contribution is 2.24. The fourth-order valence-corrected chi connectivity index (χ4v) is 3.24. The summed E-state index contributed by atoms with van der Waals surface area (Å²) in [4.78, 5) is 12.6. The number of aromatic nitrogens is 2. The molecule has 1 N–H and O–H groups in total. The Labute approximate surface area is 117 Å². The van der Waals surface area contributed by atoms with Crippen LogP contribution in [0.5, 0.6) is 0 Å². The van der Waals surface area contributed by atoms with E-state index in [1.807, 2.05) is 18.5 Å². The second-order valence-electron chi connectivity index (χ2n) is 5.11. The zero-order valence-corrected chi connectivity index (χ0v) is 12.0. The molecule has 1 fully saturated rings. The van der Waals surface area contributed by atoms with Crippen molar-refractivity contribution in [2.75, 3.05) is 18.0 Å². The third kappa shape index (κ3) is 2.77. The van der Waals surface area contributed by atoms with Gasteiger partial charge in [0.2, 0.25) is 0 Å². The summed E-state index contributed by atoms with van der Waals surface area (Å²) in [6.07, 6.45) is 3.70. The fraction of sp³-hybridized carbons (Fsp3) is 0.429. The molecule has 0 aliphatic carbocycles. The molecule has 0 radical (unpaired) electrons. The standard InChI is InChI=1S/C14H18N4S/c1-10-8-18(9-11(2)16-10)14-7-15-6-12(17-14)13-4-3-5-19-13/h3-7,10-11,16H,8-9H2,1-2H3/t10-,11+. The highest BCUT2D eigenvalue weighted by Gasteiger charge is 2.22. The van der Waals surface area contributed by atoms with Crippen LogP contribution in [0, 0.1) is 0 Å².